The van der Waals surface area contributed by atoms with Gasteiger partial charge in [-0.05, 0) is 48.0 Å². The van der Waals surface area contributed by atoms with E-state index in [1.54, 1.807) is 6.21 Å². The summed E-state index contributed by atoms with van der Waals surface area (Å²) in [4.78, 5) is 12.1. The summed E-state index contributed by atoms with van der Waals surface area (Å²) in [5.41, 5.74) is 5.84. The molecule has 4 aromatic rings. The van der Waals surface area contributed by atoms with Crippen molar-refractivity contribution in [1.82, 2.24) is 9.99 Å². The lowest BCUT2D eigenvalue weighted by Crippen LogP contribution is -2.17. The van der Waals surface area contributed by atoms with Crippen molar-refractivity contribution >= 4 is 34.6 Å². The van der Waals surface area contributed by atoms with Crippen LogP contribution in [0.2, 0.25) is 5.02 Å². The Morgan fingerprint density at radius 2 is 1.86 bits per heavy atom. The second-order valence-electron chi connectivity index (χ2n) is 6.57. The molecule has 4 rings (SSSR count). The van der Waals surface area contributed by atoms with Crippen molar-refractivity contribution in [2.24, 2.45) is 5.10 Å². The molecule has 0 radical (unpaired) electrons. The third kappa shape index (κ3) is 4.36. The van der Waals surface area contributed by atoms with E-state index in [1.165, 1.54) is 24.3 Å². The van der Waals surface area contributed by atoms with Crippen molar-refractivity contribution in [1.29, 1.82) is 0 Å². The molecule has 1 amide bonds. The Morgan fingerprint density at radius 3 is 2.66 bits per heavy atom. The van der Waals surface area contributed by atoms with Crippen LogP contribution in [0.3, 0.4) is 0 Å². The van der Waals surface area contributed by atoms with E-state index in [1.807, 2.05) is 54.7 Å². The predicted molar refractivity (Wildman–Crippen MR) is 114 cm³/mol. The lowest BCUT2D eigenvalue weighted by molar-refractivity contribution is 0.0955. The average Bonchev–Trinajstić information content (AvgIpc) is 3.06. The molecule has 0 aliphatic carbocycles. The van der Waals surface area contributed by atoms with Crippen molar-refractivity contribution in [3.63, 3.8) is 0 Å². The first-order chi connectivity index (χ1) is 14.1. The molecule has 0 saturated carbocycles. The Kier molecular flexibility index (Phi) is 5.40. The maximum Gasteiger partial charge on any atom is 0.271 e. The Bertz CT molecular complexity index is 1200. The topological polar surface area (TPSA) is 46.4 Å². The second kappa shape index (κ2) is 8.29. The Labute approximate surface area is 172 Å². The molecule has 1 N–H and O–H groups in total. The number of halogens is 2. The molecule has 0 atom stereocenters. The average molecular weight is 406 g/mol. The van der Waals surface area contributed by atoms with Crippen LogP contribution in [0.15, 0.2) is 84.1 Å². The second-order valence-corrected chi connectivity index (χ2v) is 7.00. The van der Waals surface area contributed by atoms with Crippen molar-refractivity contribution < 1.29 is 9.18 Å². The largest absolute Gasteiger partial charge is 0.342 e. The summed E-state index contributed by atoms with van der Waals surface area (Å²) >= 11 is 6.10. The quantitative estimate of drug-likeness (QED) is 0.358. The number of amides is 1. The Morgan fingerprint density at radius 1 is 1.07 bits per heavy atom. The van der Waals surface area contributed by atoms with Crippen LogP contribution in [0, 0.1) is 5.82 Å². The lowest BCUT2D eigenvalue weighted by Gasteiger charge is -2.05. The maximum absolute atomic E-state index is 13.0. The van der Waals surface area contributed by atoms with Crippen LogP contribution in [-0.2, 0) is 6.54 Å². The summed E-state index contributed by atoms with van der Waals surface area (Å²) < 4.78 is 15.1. The monoisotopic (exact) mass is 405 g/mol. The third-order valence-electron chi connectivity index (χ3n) is 4.54. The van der Waals surface area contributed by atoms with Gasteiger partial charge in [0, 0.05) is 39.8 Å². The number of rotatable bonds is 5. The highest BCUT2D eigenvalue weighted by Gasteiger charge is 2.08. The van der Waals surface area contributed by atoms with Crippen LogP contribution in [0.5, 0.6) is 0 Å². The molecule has 0 saturated heterocycles. The number of carbonyl (C=O) groups is 1. The predicted octanol–water partition coefficient (Wildman–Crippen LogP) is 5.25. The smallest absolute Gasteiger partial charge is 0.271 e. The van der Waals surface area contributed by atoms with Crippen LogP contribution in [0.4, 0.5) is 4.39 Å². The fraction of sp³-hybridized carbons (Fsp3) is 0.0435. The van der Waals surface area contributed by atoms with Crippen molar-refractivity contribution in [3.8, 4) is 0 Å². The van der Waals surface area contributed by atoms with Crippen LogP contribution in [-0.4, -0.2) is 16.7 Å². The van der Waals surface area contributed by atoms with Gasteiger partial charge >= 0.3 is 0 Å². The molecule has 144 valence electrons. The zero-order valence-corrected chi connectivity index (χ0v) is 16.1. The van der Waals surface area contributed by atoms with Gasteiger partial charge in [-0.1, -0.05) is 41.9 Å². The molecular formula is C23H17ClFN3O. The fourth-order valence-corrected chi connectivity index (χ4v) is 3.38. The molecule has 3 aromatic carbocycles. The number of carbonyl (C=O) groups excluding carboxylic acids is 1. The number of para-hydroxylation sites is 1. The summed E-state index contributed by atoms with van der Waals surface area (Å²) in [7, 11) is 0. The molecule has 0 bridgehead atoms. The minimum absolute atomic E-state index is 0.340. The van der Waals surface area contributed by atoms with E-state index in [0.29, 0.717) is 17.1 Å². The van der Waals surface area contributed by atoms with Gasteiger partial charge in [-0.15, -0.1) is 0 Å². The van der Waals surface area contributed by atoms with Gasteiger partial charge in [-0.25, -0.2) is 9.82 Å². The molecule has 1 aromatic heterocycles. The van der Waals surface area contributed by atoms with E-state index >= 15 is 0 Å². The SMILES string of the molecule is O=C(N/N=C\c1cn(Cc2cccc(Cl)c2)c2ccccc12)c1ccc(F)cc1. The molecule has 0 spiro atoms. The van der Waals surface area contributed by atoms with E-state index in [4.69, 9.17) is 11.6 Å². The molecule has 0 aliphatic heterocycles. The van der Waals surface area contributed by atoms with E-state index in [0.717, 1.165) is 22.0 Å². The van der Waals surface area contributed by atoms with Crippen molar-refractivity contribution in [3.05, 3.63) is 107 Å². The number of benzene rings is 3. The highest BCUT2D eigenvalue weighted by Crippen LogP contribution is 2.22. The van der Waals surface area contributed by atoms with Gasteiger partial charge in [0.1, 0.15) is 5.82 Å². The minimum atomic E-state index is -0.399. The summed E-state index contributed by atoms with van der Waals surface area (Å²) in [6, 6.07) is 21.0. The Hall–Kier alpha value is -3.44. The van der Waals surface area contributed by atoms with Crippen molar-refractivity contribution in [2.45, 2.75) is 6.54 Å². The van der Waals surface area contributed by atoms with Crippen molar-refractivity contribution in [2.75, 3.05) is 0 Å². The number of nitrogens with zero attached hydrogens (tertiary/aromatic N) is 2. The zero-order valence-electron chi connectivity index (χ0n) is 15.3. The number of fused-ring (bicyclic) bond motifs is 1. The number of hydrazone groups is 1. The summed E-state index contributed by atoms with van der Waals surface area (Å²) in [6.45, 7) is 0.664. The molecule has 0 fully saturated rings. The first-order valence-electron chi connectivity index (χ1n) is 9.01. The van der Waals surface area contributed by atoms with Gasteiger partial charge in [-0.3, -0.25) is 4.79 Å². The third-order valence-corrected chi connectivity index (χ3v) is 4.77. The zero-order chi connectivity index (χ0) is 20.2. The molecular weight excluding hydrogens is 389 g/mol. The maximum atomic E-state index is 13.0. The molecule has 29 heavy (non-hydrogen) atoms. The molecule has 6 heteroatoms. The van der Waals surface area contributed by atoms with E-state index in [2.05, 4.69) is 15.1 Å². The summed E-state index contributed by atoms with van der Waals surface area (Å²) in [5.74, 6) is -0.790. The first kappa shape index (κ1) is 18.9. The van der Waals surface area contributed by atoms with Gasteiger partial charge in [0.2, 0.25) is 0 Å². The van der Waals surface area contributed by atoms with Gasteiger partial charge in [-0.2, -0.15) is 5.10 Å². The van der Waals surface area contributed by atoms with Gasteiger partial charge in [0.15, 0.2) is 0 Å². The highest BCUT2D eigenvalue weighted by atomic mass is 35.5. The van der Waals surface area contributed by atoms with E-state index < -0.39 is 11.7 Å². The number of hydrogen-bond acceptors (Lipinski definition) is 2. The van der Waals surface area contributed by atoms with Crippen LogP contribution >= 0.6 is 11.6 Å². The molecule has 0 aliphatic rings. The molecule has 0 unspecified atom stereocenters. The molecule has 4 nitrogen and oxygen atoms in total. The summed E-state index contributed by atoms with van der Waals surface area (Å²) in [5, 5.41) is 5.79. The van der Waals surface area contributed by atoms with Crippen LogP contribution < -0.4 is 5.43 Å². The van der Waals surface area contributed by atoms with Crippen LogP contribution in [0.1, 0.15) is 21.5 Å². The van der Waals surface area contributed by atoms with E-state index in [-0.39, 0.29) is 0 Å². The lowest BCUT2D eigenvalue weighted by atomic mass is 10.2. The summed E-state index contributed by atoms with van der Waals surface area (Å²) in [6.07, 6.45) is 3.59. The normalized spacial score (nSPS) is 11.2. The number of aromatic nitrogens is 1. The van der Waals surface area contributed by atoms with Gasteiger partial charge in [0.05, 0.1) is 6.21 Å². The fourth-order valence-electron chi connectivity index (χ4n) is 3.17. The molecule has 1 heterocycles. The highest BCUT2D eigenvalue weighted by molar-refractivity contribution is 6.30. The van der Waals surface area contributed by atoms with Crippen LogP contribution in [0.25, 0.3) is 10.9 Å². The van der Waals surface area contributed by atoms with Gasteiger partial charge in [0.25, 0.3) is 5.91 Å². The van der Waals surface area contributed by atoms with E-state index in [9.17, 15) is 9.18 Å². The Balaban J connectivity index is 1.56. The first-order valence-corrected chi connectivity index (χ1v) is 9.39. The minimum Gasteiger partial charge on any atom is -0.342 e. The standard InChI is InChI=1S/C23H17ClFN3O/c24-19-5-3-4-16(12-19)14-28-15-18(21-6-1-2-7-22(21)28)13-26-27-23(29)17-8-10-20(25)11-9-17/h1-13,15H,14H2,(H,27,29)/b26-13-. The van der Waals surface area contributed by atoms with Gasteiger partial charge < -0.3 is 4.57 Å². The number of nitrogens with one attached hydrogen (secondary N) is 1. The number of hydrogen-bond donors (Lipinski definition) is 1.